The highest BCUT2D eigenvalue weighted by Gasteiger charge is 2.02. The summed E-state index contributed by atoms with van der Waals surface area (Å²) in [6, 6.07) is 14.6. The van der Waals surface area contributed by atoms with E-state index in [1.165, 1.54) is 6.07 Å². The molecule has 0 saturated heterocycles. The smallest absolute Gasteiger partial charge is 0.123 e. The highest BCUT2D eigenvalue weighted by molar-refractivity contribution is 6.07. The summed E-state index contributed by atoms with van der Waals surface area (Å²) >= 11 is 0. The highest BCUT2D eigenvalue weighted by Crippen LogP contribution is 2.26. The normalized spacial score (nSPS) is 10.6. The Kier molecular flexibility index (Phi) is 2.09. The van der Waals surface area contributed by atoms with Crippen molar-refractivity contribution in [2.45, 2.75) is 0 Å². The number of hydrogen-bond donors (Lipinski definition) is 0. The van der Waals surface area contributed by atoms with Crippen LogP contribution in [0, 0.1) is 18.2 Å². The molecule has 0 aliphatic heterocycles. The second-order valence-electron chi connectivity index (χ2n) is 4.01. The van der Waals surface area contributed by atoms with Gasteiger partial charge in [0.05, 0.1) is 0 Å². The predicted molar refractivity (Wildman–Crippen MR) is 69.3 cm³/mol. The monoisotopic (exact) mass is 220 g/mol. The molecule has 3 aromatic rings. The quantitative estimate of drug-likeness (QED) is 0.395. The summed E-state index contributed by atoms with van der Waals surface area (Å²) < 4.78 is 13.1. The standard InChI is InChI=1S/C16H9F/c1-2-11-3-7-15-12(9-11)4-5-13-10-14(17)6-8-16(13)15/h1,3-10H. The van der Waals surface area contributed by atoms with Gasteiger partial charge in [-0.3, -0.25) is 0 Å². The molecule has 3 aromatic carbocycles. The minimum atomic E-state index is -0.211. The van der Waals surface area contributed by atoms with E-state index < -0.39 is 0 Å². The van der Waals surface area contributed by atoms with E-state index in [-0.39, 0.29) is 5.82 Å². The summed E-state index contributed by atoms with van der Waals surface area (Å²) in [5, 5.41) is 4.14. The molecule has 0 heterocycles. The Morgan fingerprint density at radius 2 is 1.47 bits per heavy atom. The molecule has 0 nitrogen and oxygen atoms in total. The lowest BCUT2D eigenvalue weighted by Gasteiger charge is -2.04. The molecular weight excluding hydrogens is 211 g/mol. The molecular formula is C16H9F. The second kappa shape index (κ2) is 3.61. The zero-order chi connectivity index (χ0) is 11.8. The first-order chi connectivity index (χ1) is 8.28. The molecule has 0 spiro atoms. The van der Waals surface area contributed by atoms with E-state index in [0.29, 0.717) is 0 Å². The van der Waals surface area contributed by atoms with Crippen molar-refractivity contribution >= 4 is 21.5 Å². The average Bonchev–Trinajstić information content (AvgIpc) is 2.37. The maximum Gasteiger partial charge on any atom is 0.123 e. The SMILES string of the molecule is C#Cc1ccc2c(ccc3cc(F)ccc32)c1. The van der Waals surface area contributed by atoms with Crippen LogP contribution in [0.25, 0.3) is 21.5 Å². The number of benzene rings is 3. The number of halogens is 1. The molecule has 0 bridgehead atoms. The Morgan fingerprint density at radius 1 is 0.824 bits per heavy atom. The van der Waals surface area contributed by atoms with Gasteiger partial charge >= 0.3 is 0 Å². The zero-order valence-corrected chi connectivity index (χ0v) is 9.07. The maximum atomic E-state index is 13.1. The van der Waals surface area contributed by atoms with Gasteiger partial charge in [0, 0.05) is 5.56 Å². The Labute approximate surface area is 98.7 Å². The van der Waals surface area contributed by atoms with Gasteiger partial charge in [-0.15, -0.1) is 6.42 Å². The van der Waals surface area contributed by atoms with Gasteiger partial charge < -0.3 is 0 Å². The molecule has 80 valence electrons. The summed E-state index contributed by atoms with van der Waals surface area (Å²) in [4.78, 5) is 0. The molecule has 3 rings (SSSR count). The predicted octanol–water partition coefficient (Wildman–Crippen LogP) is 4.11. The van der Waals surface area contributed by atoms with Crippen LogP contribution in [-0.4, -0.2) is 0 Å². The maximum absolute atomic E-state index is 13.1. The first-order valence-corrected chi connectivity index (χ1v) is 5.36. The molecule has 0 aromatic heterocycles. The summed E-state index contributed by atoms with van der Waals surface area (Å²) in [7, 11) is 0. The van der Waals surface area contributed by atoms with Crippen LogP contribution in [0.5, 0.6) is 0 Å². The average molecular weight is 220 g/mol. The van der Waals surface area contributed by atoms with Gasteiger partial charge in [0.15, 0.2) is 0 Å². The van der Waals surface area contributed by atoms with Crippen molar-refractivity contribution < 1.29 is 4.39 Å². The third-order valence-corrected chi connectivity index (χ3v) is 2.96. The van der Waals surface area contributed by atoms with E-state index in [9.17, 15) is 4.39 Å². The van der Waals surface area contributed by atoms with Gasteiger partial charge in [0.25, 0.3) is 0 Å². The summed E-state index contributed by atoms with van der Waals surface area (Å²) in [6.07, 6.45) is 5.37. The van der Waals surface area contributed by atoms with Gasteiger partial charge in [-0.25, -0.2) is 4.39 Å². The van der Waals surface area contributed by atoms with Crippen molar-refractivity contribution in [3.05, 3.63) is 59.9 Å². The molecule has 0 atom stereocenters. The van der Waals surface area contributed by atoms with Crippen LogP contribution in [0.4, 0.5) is 4.39 Å². The second-order valence-corrected chi connectivity index (χ2v) is 4.01. The van der Waals surface area contributed by atoms with Crippen molar-refractivity contribution in [1.82, 2.24) is 0 Å². The molecule has 0 amide bonds. The van der Waals surface area contributed by atoms with E-state index in [4.69, 9.17) is 6.42 Å². The molecule has 0 fully saturated rings. The lowest BCUT2D eigenvalue weighted by Crippen LogP contribution is -1.81. The molecule has 0 unspecified atom stereocenters. The van der Waals surface area contributed by atoms with Crippen molar-refractivity contribution in [2.75, 3.05) is 0 Å². The lowest BCUT2D eigenvalue weighted by molar-refractivity contribution is 0.630. The van der Waals surface area contributed by atoms with Gasteiger partial charge in [-0.05, 0) is 45.8 Å². The fourth-order valence-corrected chi connectivity index (χ4v) is 2.13. The Hall–Kier alpha value is -2.33. The number of rotatable bonds is 0. The fraction of sp³-hybridized carbons (Fsp3) is 0. The number of terminal acetylenes is 1. The van der Waals surface area contributed by atoms with Crippen LogP contribution in [0.1, 0.15) is 5.56 Å². The van der Waals surface area contributed by atoms with Crippen LogP contribution in [0.3, 0.4) is 0 Å². The Bertz CT molecular complexity index is 763. The van der Waals surface area contributed by atoms with E-state index >= 15 is 0 Å². The van der Waals surface area contributed by atoms with Crippen molar-refractivity contribution in [1.29, 1.82) is 0 Å². The molecule has 0 N–H and O–H groups in total. The summed E-state index contributed by atoms with van der Waals surface area (Å²) in [5.74, 6) is 2.41. The highest BCUT2D eigenvalue weighted by atomic mass is 19.1. The van der Waals surface area contributed by atoms with E-state index in [0.717, 1.165) is 27.1 Å². The summed E-state index contributed by atoms with van der Waals surface area (Å²) in [5.41, 5.74) is 0.860. The van der Waals surface area contributed by atoms with E-state index in [1.54, 1.807) is 6.07 Å². The van der Waals surface area contributed by atoms with E-state index in [1.807, 2.05) is 36.4 Å². The molecule has 17 heavy (non-hydrogen) atoms. The minimum Gasteiger partial charge on any atom is -0.207 e. The number of hydrogen-bond acceptors (Lipinski definition) is 0. The van der Waals surface area contributed by atoms with Crippen LogP contribution in [-0.2, 0) is 0 Å². The van der Waals surface area contributed by atoms with E-state index in [2.05, 4.69) is 5.92 Å². The zero-order valence-electron chi connectivity index (χ0n) is 9.07. The van der Waals surface area contributed by atoms with Gasteiger partial charge in [0.2, 0.25) is 0 Å². The molecule has 1 heteroatoms. The van der Waals surface area contributed by atoms with Crippen LogP contribution >= 0.6 is 0 Å². The molecule has 0 aliphatic carbocycles. The van der Waals surface area contributed by atoms with Crippen LogP contribution in [0.2, 0.25) is 0 Å². The largest absolute Gasteiger partial charge is 0.207 e. The Balaban J connectivity index is 2.45. The van der Waals surface area contributed by atoms with Crippen molar-refractivity contribution in [2.24, 2.45) is 0 Å². The third-order valence-electron chi connectivity index (χ3n) is 2.96. The van der Waals surface area contributed by atoms with Crippen molar-refractivity contribution in [3.8, 4) is 12.3 Å². The van der Waals surface area contributed by atoms with Crippen LogP contribution in [0.15, 0.2) is 48.5 Å². The first kappa shape index (κ1) is 9.86. The Morgan fingerprint density at radius 3 is 2.18 bits per heavy atom. The van der Waals surface area contributed by atoms with Gasteiger partial charge in [0.1, 0.15) is 5.82 Å². The summed E-state index contributed by atoms with van der Waals surface area (Å²) in [6.45, 7) is 0. The minimum absolute atomic E-state index is 0.211. The van der Waals surface area contributed by atoms with Gasteiger partial charge in [-0.1, -0.05) is 30.2 Å². The molecule has 0 aliphatic rings. The topological polar surface area (TPSA) is 0 Å². The third kappa shape index (κ3) is 1.55. The van der Waals surface area contributed by atoms with Crippen molar-refractivity contribution in [3.63, 3.8) is 0 Å². The first-order valence-electron chi connectivity index (χ1n) is 5.36. The molecule has 0 saturated carbocycles. The van der Waals surface area contributed by atoms with Gasteiger partial charge in [-0.2, -0.15) is 0 Å². The fourth-order valence-electron chi connectivity index (χ4n) is 2.13. The molecule has 0 radical (unpaired) electrons. The number of fused-ring (bicyclic) bond motifs is 3. The van der Waals surface area contributed by atoms with Crippen LogP contribution < -0.4 is 0 Å². The lowest BCUT2D eigenvalue weighted by atomic mass is 10.0.